The summed E-state index contributed by atoms with van der Waals surface area (Å²) in [4.78, 5) is 13.9. The minimum atomic E-state index is 0.0535. The molecule has 0 saturated carbocycles. The van der Waals surface area contributed by atoms with Gasteiger partial charge in [-0.25, -0.2) is 0 Å². The Kier molecular flexibility index (Phi) is 4.66. The number of rotatable bonds is 4. The lowest BCUT2D eigenvalue weighted by Crippen LogP contribution is -2.40. The first-order valence-electron chi connectivity index (χ1n) is 6.74. The van der Waals surface area contributed by atoms with Crippen molar-refractivity contribution in [3.05, 3.63) is 24.3 Å². The molecule has 0 N–H and O–H groups in total. The molecule has 1 aliphatic heterocycles. The predicted octanol–water partition coefficient (Wildman–Crippen LogP) is 2.33. The Bertz CT molecular complexity index is 425. The number of amides is 1. The fraction of sp³-hybridized carbons (Fsp3) is 0.533. The maximum atomic E-state index is 12.0. The molecule has 1 heterocycles. The number of para-hydroxylation sites is 2. The normalized spacial score (nSPS) is 16.2. The number of likely N-dealkylation sites (tertiary alicyclic amines) is 1. The van der Waals surface area contributed by atoms with Crippen LogP contribution < -0.4 is 9.47 Å². The number of hydrogen-bond acceptors (Lipinski definition) is 3. The van der Waals surface area contributed by atoms with Crippen molar-refractivity contribution >= 4 is 5.91 Å². The van der Waals surface area contributed by atoms with Crippen LogP contribution in [0.1, 0.15) is 19.8 Å². The van der Waals surface area contributed by atoms with Crippen LogP contribution in [0, 0.1) is 5.92 Å². The van der Waals surface area contributed by atoms with Crippen molar-refractivity contribution < 1.29 is 14.3 Å². The SMILES string of the molecule is COc1ccccc1OCC(=O)N1CCC(C)CC1. The van der Waals surface area contributed by atoms with E-state index >= 15 is 0 Å². The van der Waals surface area contributed by atoms with Crippen LogP contribution in [0.2, 0.25) is 0 Å². The van der Waals surface area contributed by atoms with Crippen LogP contribution >= 0.6 is 0 Å². The van der Waals surface area contributed by atoms with E-state index in [1.807, 2.05) is 29.2 Å². The highest BCUT2D eigenvalue weighted by atomic mass is 16.5. The van der Waals surface area contributed by atoms with Crippen molar-refractivity contribution in [2.24, 2.45) is 5.92 Å². The number of ether oxygens (including phenoxy) is 2. The quantitative estimate of drug-likeness (QED) is 0.837. The minimum Gasteiger partial charge on any atom is -0.493 e. The Labute approximate surface area is 114 Å². The molecule has 1 aromatic carbocycles. The molecule has 104 valence electrons. The maximum absolute atomic E-state index is 12.0. The third kappa shape index (κ3) is 3.63. The zero-order valence-corrected chi connectivity index (χ0v) is 11.6. The zero-order chi connectivity index (χ0) is 13.7. The topological polar surface area (TPSA) is 38.8 Å². The molecular weight excluding hydrogens is 242 g/mol. The molecule has 4 heteroatoms. The molecule has 1 aliphatic rings. The summed E-state index contributed by atoms with van der Waals surface area (Å²) in [5, 5.41) is 0. The second kappa shape index (κ2) is 6.45. The van der Waals surface area contributed by atoms with Gasteiger partial charge in [-0.3, -0.25) is 4.79 Å². The predicted molar refractivity (Wildman–Crippen MR) is 73.5 cm³/mol. The summed E-state index contributed by atoms with van der Waals surface area (Å²) < 4.78 is 10.7. The molecule has 0 bridgehead atoms. The van der Waals surface area contributed by atoms with E-state index in [0.29, 0.717) is 11.5 Å². The Balaban J connectivity index is 1.86. The lowest BCUT2D eigenvalue weighted by Gasteiger charge is -2.30. The highest BCUT2D eigenvalue weighted by molar-refractivity contribution is 5.78. The highest BCUT2D eigenvalue weighted by Crippen LogP contribution is 2.25. The number of benzene rings is 1. The van der Waals surface area contributed by atoms with Crippen LogP contribution in [0.4, 0.5) is 0 Å². The van der Waals surface area contributed by atoms with Gasteiger partial charge in [-0.05, 0) is 30.9 Å². The van der Waals surface area contributed by atoms with E-state index in [0.717, 1.165) is 31.8 Å². The van der Waals surface area contributed by atoms with Crippen molar-refractivity contribution in [3.8, 4) is 11.5 Å². The molecule has 0 spiro atoms. The first-order valence-corrected chi connectivity index (χ1v) is 6.74. The van der Waals surface area contributed by atoms with Gasteiger partial charge in [0.1, 0.15) is 0 Å². The second-order valence-corrected chi connectivity index (χ2v) is 5.00. The summed E-state index contributed by atoms with van der Waals surface area (Å²) in [6, 6.07) is 7.37. The van der Waals surface area contributed by atoms with Gasteiger partial charge >= 0.3 is 0 Å². The van der Waals surface area contributed by atoms with Crippen molar-refractivity contribution in [2.75, 3.05) is 26.8 Å². The Morgan fingerprint density at radius 2 is 1.89 bits per heavy atom. The van der Waals surface area contributed by atoms with Gasteiger partial charge < -0.3 is 14.4 Å². The van der Waals surface area contributed by atoms with Gasteiger partial charge in [0.15, 0.2) is 18.1 Å². The van der Waals surface area contributed by atoms with E-state index in [9.17, 15) is 4.79 Å². The van der Waals surface area contributed by atoms with Gasteiger partial charge in [-0.15, -0.1) is 0 Å². The summed E-state index contributed by atoms with van der Waals surface area (Å²) in [6.07, 6.45) is 2.17. The van der Waals surface area contributed by atoms with E-state index in [-0.39, 0.29) is 12.5 Å². The molecule has 0 unspecified atom stereocenters. The molecule has 0 aliphatic carbocycles. The van der Waals surface area contributed by atoms with Crippen molar-refractivity contribution in [1.29, 1.82) is 0 Å². The number of piperidine rings is 1. The Hall–Kier alpha value is -1.71. The van der Waals surface area contributed by atoms with Crippen molar-refractivity contribution in [1.82, 2.24) is 4.90 Å². The molecule has 0 aromatic heterocycles. The number of nitrogens with zero attached hydrogens (tertiary/aromatic N) is 1. The first kappa shape index (κ1) is 13.7. The minimum absolute atomic E-state index is 0.0535. The second-order valence-electron chi connectivity index (χ2n) is 5.00. The van der Waals surface area contributed by atoms with Crippen LogP contribution in [0.25, 0.3) is 0 Å². The number of carbonyl (C=O) groups is 1. The van der Waals surface area contributed by atoms with Crippen LogP contribution in [0.3, 0.4) is 0 Å². The van der Waals surface area contributed by atoms with Crippen LogP contribution in [-0.2, 0) is 4.79 Å². The zero-order valence-electron chi connectivity index (χ0n) is 11.6. The Morgan fingerprint density at radius 1 is 1.26 bits per heavy atom. The lowest BCUT2D eigenvalue weighted by atomic mass is 9.99. The van der Waals surface area contributed by atoms with Gasteiger partial charge in [0, 0.05) is 13.1 Å². The average Bonchev–Trinajstić information content (AvgIpc) is 2.45. The largest absolute Gasteiger partial charge is 0.493 e. The first-order chi connectivity index (χ1) is 9.20. The average molecular weight is 263 g/mol. The summed E-state index contributed by atoms with van der Waals surface area (Å²) in [7, 11) is 1.59. The van der Waals surface area contributed by atoms with Gasteiger partial charge in [0.25, 0.3) is 5.91 Å². The van der Waals surface area contributed by atoms with E-state index in [2.05, 4.69) is 6.92 Å². The summed E-state index contributed by atoms with van der Waals surface area (Å²) >= 11 is 0. The fourth-order valence-corrected chi connectivity index (χ4v) is 2.23. The maximum Gasteiger partial charge on any atom is 0.260 e. The van der Waals surface area contributed by atoms with Gasteiger partial charge in [0.05, 0.1) is 7.11 Å². The van der Waals surface area contributed by atoms with E-state index < -0.39 is 0 Å². The number of hydrogen-bond donors (Lipinski definition) is 0. The lowest BCUT2D eigenvalue weighted by molar-refractivity contribution is -0.134. The fourth-order valence-electron chi connectivity index (χ4n) is 2.23. The molecule has 0 radical (unpaired) electrons. The summed E-state index contributed by atoms with van der Waals surface area (Å²) in [6.45, 7) is 3.99. The number of carbonyl (C=O) groups excluding carboxylic acids is 1. The number of methoxy groups -OCH3 is 1. The van der Waals surface area contributed by atoms with Gasteiger partial charge in [0.2, 0.25) is 0 Å². The molecule has 0 atom stereocenters. The summed E-state index contributed by atoms with van der Waals surface area (Å²) in [5.74, 6) is 2.04. The van der Waals surface area contributed by atoms with E-state index in [1.165, 1.54) is 0 Å². The molecule has 1 amide bonds. The molecule has 1 saturated heterocycles. The van der Waals surface area contributed by atoms with Crippen LogP contribution in [0.15, 0.2) is 24.3 Å². The molecular formula is C15H21NO3. The van der Waals surface area contributed by atoms with Gasteiger partial charge in [-0.1, -0.05) is 19.1 Å². The van der Waals surface area contributed by atoms with E-state index in [4.69, 9.17) is 9.47 Å². The molecule has 4 nitrogen and oxygen atoms in total. The highest BCUT2D eigenvalue weighted by Gasteiger charge is 2.20. The van der Waals surface area contributed by atoms with Crippen LogP contribution in [0.5, 0.6) is 11.5 Å². The monoisotopic (exact) mass is 263 g/mol. The Morgan fingerprint density at radius 3 is 2.53 bits per heavy atom. The standard InChI is InChI=1S/C15H21NO3/c1-12-7-9-16(10-8-12)15(17)11-19-14-6-4-3-5-13(14)18-2/h3-6,12H,7-11H2,1-2H3. The molecule has 19 heavy (non-hydrogen) atoms. The van der Waals surface area contributed by atoms with Crippen molar-refractivity contribution in [3.63, 3.8) is 0 Å². The third-order valence-electron chi connectivity index (χ3n) is 3.56. The van der Waals surface area contributed by atoms with Crippen molar-refractivity contribution in [2.45, 2.75) is 19.8 Å². The molecule has 2 rings (SSSR count). The summed E-state index contributed by atoms with van der Waals surface area (Å²) in [5.41, 5.74) is 0. The smallest absolute Gasteiger partial charge is 0.260 e. The molecule has 1 aromatic rings. The third-order valence-corrected chi connectivity index (χ3v) is 3.56. The van der Waals surface area contributed by atoms with Gasteiger partial charge in [-0.2, -0.15) is 0 Å². The molecule has 1 fully saturated rings. The van der Waals surface area contributed by atoms with Crippen LogP contribution in [-0.4, -0.2) is 37.6 Å². The van der Waals surface area contributed by atoms with E-state index in [1.54, 1.807) is 7.11 Å².